The van der Waals surface area contributed by atoms with Crippen LogP contribution in [-0.4, -0.2) is 56.8 Å². The van der Waals surface area contributed by atoms with Crippen LogP contribution in [0.4, 0.5) is 14.5 Å². The molecule has 6 nitrogen and oxygen atoms in total. The first kappa shape index (κ1) is 23.5. The third kappa shape index (κ3) is 5.14. The third-order valence-electron chi connectivity index (χ3n) is 5.52. The SMILES string of the molecule is CN1CCN(S(=O)(=O)c2cccc(C(=O)N(Cc3cccs3)c3ccc(F)cc3F)c2)CC1. The monoisotopic (exact) mass is 491 g/mol. The van der Waals surface area contributed by atoms with Crippen molar-refractivity contribution in [3.05, 3.63) is 82.1 Å². The van der Waals surface area contributed by atoms with Gasteiger partial charge in [-0.25, -0.2) is 17.2 Å². The summed E-state index contributed by atoms with van der Waals surface area (Å²) < 4.78 is 55.8. The molecule has 1 fully saturated rings. The van der Waals surface area contributed by atoms with E-state index in [1.165, 1.54) is 50.9 Å². The fourth-order valence-corrected chi connectivity index (χ4v) is 5.81. The number of carbonyl (C=O) groups excluding carboxylic acids is 1. The summed E-state index contributed by atoms with van der Waals surface area (Å²) >= 11 is 1.40. The molecule has 1 aliphatic heterocycles. The molecule has 0 N–H and O–H groups in total. The summed E-state index contributed by atoms with van der Waals surface area (Å²) in [5.74, 6) is -2.20. The van der Waals surface area contributed by atoms with Crippen molar-refractivity contribution in [1.29, 1.82) is 0 Å². The molecule has 1 aromatic heterocycles. The number of nitrogens with zero attached hydrogens (tertiary/aromatic N) is 3. The summed E-state index contributed by atoms with van der Waals surface area (Å²) in [4.78, 5) is 17.5. The number of piperazine rings is 1. The summed E-state index contributed by atoms with van der Waals surface area (Å²) in [5, 5.41) is 1.84. The van der Waals surface area contributed by atoms with Gasteiger partial charge in [-0.3, -0.25) is 4.79 Å². The normalized spacial score (nSPS) is 15.5. The average Bonchev–Trinajstić information content (AvgIpc) is 3.31. The quantitative estimate of drug-likeness (QED) is 0.526. The Morgan fingerprint density at radius 2 is 1.79 bits per heavy atom. The molecule has 4 rings (SSSR count). The lowest BCUT2D eigenvalue weighted by Gasteiger charge is -2.31. The van der Waals surface area contributed by atoms with E-state index < -0.39 is 27.6 Å². The molecule has 1 amide bonds. The molecule has 33 heavy (non-hydrogen) atoms. The highest BCUT2D eigenvalue weighted by atomic mass is 32.2. The highest BCUT2D eigenvalue weighted by Crippen LogP contribution is 2.27. The summed E-state index contributed by atoms with van der Waals surface area (Å²) in [5.41, 5.74) is 0.0209. The Labute approximate surface area is 195 Å². The number of carbonyl (C=O) groups is 1. The maximum atomic E-state index is 14.6. The molecule has 0 atom stereocenters. The number of hydrogen-bond donors (Lipinski definition) is 0. The van der Waals surface area contributed by atoms with E-state index in [0.29, 0.717) is 26.2 Å². The molecule has 2 aromatic carbocycles. The Hall–Kier alpha value is -2.66. The van der Waals surface area contributed by atoms with Gasteiger partial charge in [0.15, 0.2) is 0 Å². The van der Waals surface area contributed by atoms with Gasteiger partial charge in [0.2, 0.25) is 10.0 Å². The minimum Gasteiger partial charge on any atom is -0.304 e. The van der Waals surface area contributed by atoms with E-state index in [-0.39, 0.29) is 22.7 Å². The first-order valence-corrected chi connectivity index (χ1v) is 12.7. The van der Waals surface area contributed by atoms with Gasteiger partial charge in [0, 0.05) is 42.7 Å². The first-order chi connectivity index (χ1) is 15.8. The smallest absolute Gasteiger partial charge is 0.258 e. The number of anilines is 1. The van der Waals surface area contributed by atoms with Crippen LogP contribution in [0.25, 0.3) is 0 Å². The van der Waals surface area contributed by atoms with Crippen molar-refractivity contribution < 1.29 is 22.0 Å². The van der Waals surface area contributed by atoms with Crippen molar-refractivity contribution in [3.63, 3.8) is 0 Å². The van der Waals surface area contributed by atoms with E-state index in [1.54, 1.807) is 6.07 Å². The fraction of sp³-hybridized carbons (Fsp3) is 0.261. The van der Waals surface area contributed by atoms with Crippen LogP contribution in [0.3, 0.4) is 0 Å². The average molecular weight is 492 g/mol. The van der Waals surface area contributed by atoms with Crippen molar-refractivity contribution >= 4 is 33.0 Å². The number of benzene rings is 2. The van der Waals surface area contributed by atoms with Gasteiger partial charge >= 0.3 is 0 Å². The molecule has 0 aliphatic carbocycles. The number of halogens is 2. The second-order valence-corrected chi connectivity index (χ2v) is 10.8. The predicted octanol–water partition coefficient (Wildman–Crippen LogP) is 3.81. The Morgan fingerprint density at radius 3 is 2.45 bits per heavy atom. The summed E-state index contributed by atoms with van der Waals surface area (Å²) in [7, 11) is -1.85. The van der Waals surface area contributed by atoms with Crippen LogP contribution in [0, 0.1) is 11.6 Å². The van der Waals surface area contributed by atoms with Crippen LogP contribution >= 0.6 is 11.3 Å². The van der Waals surface area contributed by atoms with Crippen LogP contribution in [0.5, 0.6) is 0 Å². The molecule has 0 radical (unpaired) electrons. The lowest BCUT2D eigenvalue weighted by Crippen LogP contribution is -2.47. The topological polar surface area (TPSA) is 60.9 Å². The minimum absolute atomic E-state index is 0.00792. The summed E-state index contributed by atoms with van der Waals surface area (Å²) in [6.07, 6.45) is 0. The lowest BCUT2D eigenvalue weighted by atomic mass is 10.1. The Bertz CT molecular complexity index is 1240. The lowest BCUT2D eigenvalue weighted by molar-refractivity contribution is 0.0984. The van der Waals surface area contributed by atoms with Crippen molar-refractivity contribution in [3.8, 4) is 0 Å². The largest absolute Gasteiger partial charge is 0.304 e. The van der Waals surface area contributed by atoms with Crippen molar-refractivity contribution in [1.82, 2.24) is 9.21 Å². The van der Waals surface area contributed by atoms with Crippen molar-refractivity contribution in [2.75, 3.05) is 38.1 Å². The maximum Gasteiger partial charge on any atom is 0.258 e. The predicted molar refractivity (Wildman–Crippen MR) is 124 cm³/mol. The van der Waals surface area contributed by atoms with Crippen LogP contribution in [0.1, 0.15) is 15.2 Å². The fourth-order valence-electron chi connectivity index (χ4n) is 3.65. The van der Waals surface area contributed by atoms with Crippen molar-refractivity contribution in [2.45, 2.75) is 11.4 Å². The number of amides is 1. The van der Waals surface area contributed by atoms with Gasteiger partial charge in [0.05, 0.1) is 17.1 Å². The second-order valence-electron chi connectivity index (χ2n) is 7.80. The molecule has 0 unspecified atom stereocenters. The number of thiophene rings is 1. The molecule has 10 heteroatoms. The zero-order chi connectivity index (χ0) is 23.6. The van der Waals surface area contributed by atoms with Gasteiger partial charge in [0.1, 0.15) is 11.6 Å². The van der Waals surface area contributed by atoms with Crippen LogP contribution < -0.4 is 4.90 Å². The Kier molecular flexibility index (Phi) is 6.89. The summed E-state index contributed by atoms with van der Waals surface area (Å²) in [6.45, 7) is 2.03. The van der Waals surface area contributed by atoms with Crippen LogP contribution in [-0.2, 0) is 16.6 Å². The van der Waals surface area contributed by atoms with Gasteiger partial charge in [-0.2, -0.15) is 4.31 Å². The first-order valence-electron chi connectivity index (χ1n) is 10.3. The maximum absolute atomic E-state index is 14.6. The second kappa shape index (κ2) is 9.68. The number of hydrogen-bond acceptors (Lipinski definition) is 5. The number of likely N-dealkylation sites (N-methyl/N-ethyl adjacent to an activating group) is 1. The van der Waals surface area contributed by atoms with E-state index in [2.05, 4.69) is 0 Å². The van der Waals surface area contributed by atoms with Gasteiger partial charge in [-0.05, 0) is 48.8 Å². The van der Waals surface area contributed by atoms with E-state index in [1.807, 2.05) is 23.4 Å². The molecule has 0 bridgehead atoms. The van der Waals surface area contributed by atoms with E-state index >= 15 is 0 Å². The highest BCUT2D eigenvalue weighted by molar-refractivity contribution is 7.89. The van der Waals surface area contributed by atoms with Gasteiger partial charge in [-0.1, -0.05) is 12.1 Å². The molecule has 0 spiro atoms. The van der Waals surface area contributed by atoms with E-state index in [4.69, 9.17) is 0 Å². The van der Waals surface area contributed by atoms with Gasteiger partial charge in [-0.15, -0.1) is 11.3 Å². The van der Waals surface area contributed by atoms with E-state index in [9.17, 15) is 22.0 Å². The number of rotatable bonds is 6. The molecule has 1 saturated heterocycles. The van der Waals surface area contributed by atoms with Crippen LogP contribution in [0.2, 0.25) is 0 Å². The third-order valence-corrected chi connectivity index (χ3v) is 8.28. The molecule has 0 saturated carbocycles. The zero-order valence-electron chi connectivity index (χ0n) is 17.9. The van der Waals surface area contributed by atoms with Crippen molar-refractivity contribution in [2.24, 2.45) is 0 Å². The molecule has 3 aromatic rings. The standard InChI is InChI=1S/C23H23F2N3O3S2/c1-26-9-11-27(12-10-26)33(30,31)20-6-2-4-17(14-20)23(29)28(16-19-5-3-13-32-19)22-8-7-18(24)15-21(22)25/h2-8,13-15H,9-12,16H2,1H3. The minimum atomic E-state index is -3.78. The Morgan fingerprint density at radius 1 is 1.03 bits per heavy atom. The van der Waals surface area contributed by atoms with Gasteiger partial charge < -0.3 is 9.80 Å². The number of sulfonamides is 1. The highest BCUT2D eigenvalue weighted by Gasteiger charge is 2.29. The molecule has 174 valence electrons. The zero-order valence-corrected chi connectivity index (χ0v) is 19.6. The van der Waals surface area contributed by atoms with Crippen LogP contribution in [0.15, 0.2) is 64.9 Å². The molecular formula is C23H23F2N3O3S2. The molecule has 2 heterocycles. The van der Waals surface area contributed by atoms with Gasteiger partial charge in [0.25, 0.3) is 5.91 Å². The molecular weight excluding hydrogens is 468 g/mol. The molecule has 1 aliphatic rings. The van der Waals surface area contributed by atoms with E-state index in [0.717, 1.165) is 17.0 Å². The summed E-state index contributed by atoms with van der Waals surface area (Å²) in [6, 6.07) is 12.4. The Balaban J connectivity index is 1.68.